The van der Waals surface area contributed by atoms with Gasteiger partial charge in [-0.2, -0.15) is 13.2 Å². The SMILES string of the molecule is COc1ccc(CNc2cccc3nc(-c4ccccc4C(F)(F)F)ncc23)cc1. The van der Waals surface area contributed by atoms with Crippen LogP contribution >= 0.6 is 0 Å². The Labute approximate surface area is 171 Å². The number of nitrogens with zero attached hydrogens (tertiary/aromatic N) is 2. The van der Waals surface area contributed by atoms with Crippen molar-refractivity contribution in [2.45, 2.75) is 12.7 Å². The predicted octanol–water partition coefficient (Wildman–Crippen LogP) is 5.94. The van der Waals surface area contributed by atoms with Gasteiger partial charge in [-0.25, -0.2) is 9.97 Å². The van der Waals surface area contributed by atoms with Crippen molar-refractivity contribution in [3.05, 3.63) is 84.1 Å². The topological polar surface area (TPSA) is 47.0 Å². The Kier molecular flexibility index (Phi) is 5.27. The monoisotopic (exact) mass is 409 g/mol. The molecule has 0 saturated carbocycles. The lowest BCUT2D eigenvalue weighted by molar-refractivity contribution is -0.137. The van der Waals surface area contributed by atoms with Crippen LogP contribution < -0.4 is 10.1 Å². The number of alkyl halides is 3. The van der Waals surface area contributed by atoms with Crippen molar-refractivity contribution in [1.82, 2.24) is 9.97 Å². The molecular formula is C23H18F3N3O. The first kappa shape index (κ1) is 19.7. The van der Waals surface area contributed by atoms with Gasteiger partial charge >= 0.3 is 6.18 Å². The van der Waals surface area contributed by atoms with Gasteiger partial charge in [0.05, 0.1) is 18.2 Å². The van der Waals surface area contributed by atoms with Crippen molar-refractivity contribution in [2.75, 3.05) is 12.4 Å². The van der Waals surface area contributed by atoms with E-state index in [1.807, 2.05) is 36.4 Å². The lowest BCUT2D eigenvalue weighted by Crippen LogP contribution is -2.08. The Hall–Kier alpha value is -3.61. The van der Waals surface area contributed by atoms with Gasteiger partial charge in [-0.1, -0.05) is 36.4 Å². The summed E-state index contributed by atoms with van der Waals surface area (Å²) in [6.45, 7) is 0.571. The normalized spacial score (nSPS) is 11.5. The molecule has 0 bridgehead atoms. The molecule has 4 rings (SSSR count). The molecule has 4 aromatic rings. The zero-order valence-electron chi connectivity index (χ0n) is 16.1. The molecule has 0 aliphatic rings. The van der Waals surface area contributed by atoms with Crippen LogP contribution in [0.2, 0.25) is 0 Å². The Morgan fingerprint density at radius 1 is 0.933 bits per heavy atom. The number of anilines is 1. The Morgan fingerprint density at radius 2 is 1.70 bits per heavy atom. The van der Waals surface area contributed by atoms with Crippen LogP contribution in [-0.4, -0.2) is 17.1 Å². The second-order valence-corrected chi connectivity index (χ2v) is 6.68. The van der Waals surface area contributed by atoms with Gasteiger partial charge in [0.15, 0.2) is 5.82 Å². The maximum absolute atomic E-state index is 13.3. The number of hydrogen-bond donors (Lipinski definition) is 1. The van der Waals surface area contributed by atoms with Crippen molar-refractivity contribution >= 4 is 16.6 Å². The molecule has 0 radical (unpaired) electrons. The summed E-state index contributed by atoms with van der Waals surface area (Å²) in [6.07, 6.45) is -2.92. The average Bonchev–Trinajstić information content (AvgIpc) is 2.77. The van der Waals surface area contributed by atoms with Gasteiger partial charge in [0.25, 0.3) is 0 Å². The largest absolute Gasteiger partial charge is 0.497 e. The van der Waals surface area contributed by atoms with Crippen molar-refractivity contribution in [1.29, 1.82) is 0 Å². The van der Waals surface area contributed by atoms with Gasteiger partial charge in [-0.15, -0.1) is 0 Å². The number of benzene rings is 3. The Balaban J connectivity index is 1.64. The number of hydrogen-bond acceptors (Lipinski definition) is 4. The smallest absolute Gasteiger partial charge is 0.417 e. The summed E-state index contributed by atoms with van der Waals surface area (Å²) < 4.78 is 45.2. The van der Waals surface area contributed by atoms with Gasteiger partial charge in [-0.05, 0) is 35.9 Å². The number of nitrogens with one attached hydrogen (secondary N) is 1. The molecule has 152 valence electrons. The van der Waals surface area contributed by atoms with Gasteiger partial charge in [0, 0.05) is 29.4 Å². The molecule has 0 amide bonds. The Morgan fingerprint density at radius 3 is 2.43 bits per heavy atom. The van der Waals surface area contributed by atoms with Crippen LogP contribution in [0.15, 0.2) is 72.9 Å². The van der Waals surface area contributed by atoms with Crippen LogP contribution in [0.4, 0.5) is 18.9 Å². The number of methoxy groups -OCH3 is 1. The first-order valence-corrected chi connectivity index (χ1v) is 9.25. The summed E-state index contributed by atoms with van der Waals surface area (Å²) >= 11 is 0. The molecule has 7 heteroatoms. The van der Waals surface area contributed by atoms with Crippen molar-refractivity contribution in [3.8, 4) is 17.1 Å². The molecule has 1 N–H and O–H groups in total. The van der Waals surface area contributed by atoms with E-state index in [0.717, 1.165) is 28.5 Å². The first-order chi connectivity index (χ1) is 14.5. The van der Waals surface area contributed by atoms with Gasteiger partial charge in [0.2, 0.25) is 0 Å². The standard InChI is InChI=1S/C23H18F3N3O/c1-30-16-11-9-15(10-12-16)13-27-20-7-4-8-21-18(20)14-28-22(29-21)17-5-2-3-6-19(17)23(24,25)26/h2-12,14,27H,13H2,1H3. The molecule has 4 nitrogen and oxygen atoms in total. The number of rotatable bonds is 5. The van der Waals surface area contributed by atoms with Crippen LogP contribution in [0.5, 0.6) is 5.75 Å². The van der Waals surface area contributed by atoms with E-state index >= 15 is 0 Å². The summed E-state index contributed by atoms with van der Waals surface area (Å²) in [7, 11) is 1.62. The molecule has 3 aromatic carbocycles. The second-order valence-electron chi connectivity index (χ2n) is 6.68. The maximum Gasteiger partial charge on any atom is 0.417 e. The van der Waals surface area contributed by atoms with Crippen LogP contribution in [0, 0.1) is 0 Å². The van der Waals surface area contributed by atoms with E-state index in [1.54, 1.807) is 25.4 Å². The van der Waals surface area contributed by atoms with Crippen molar-refractivity contribution < 1.29 is 17.9 Å². The first-order valence-electron chi connectivity index (χ1n) is 9.25. The van der Waals surface area contributed by atoms with E-state index in [9.17, 15) is 13.2 Å². The van der Waals surface area contributed by atoms with Crippen LogP contribution in [0.3, 0.4) is 0 Å². The molecule has 0 fully saturated rings. The highest BCUT2D eigenvalue weighted by atomic mass is 19.4. The molecule has 30 heavy (non-hydrogen) atoms. The molecule has 0 spiro atoms. The maximum atomic E-state index is 13.3. The molecule has 1 heterocycles. The number of ether oxygens (including phenoxy) is 1. The highest BCUT2D eigenvalue weighted by Gasteiger charge is 2.34. The fraction of sp³-hybridized carbons (Fsp3) is 0.130. The lowest BCUT2D eigenvalue weighted by Gasteiger charge is -2.13. The summed E-state index contributed by atoms with van der Waals surface area (Å²) in [4.78, 5) is 8.61. The Bertz CT molecular complexity index is 1170. The van der Waals surface area contributed by atoms with Crippen molar-refractivity contribution in [2.24, 2.45) is 0 Å². The van der Waals surface area contributed by atoms with E-state index in [4.69, 9.17) is 4.74 Å². The summed E-state index contributed by atoms with van der Waals surface area (Å²) in [5.74, 6) is 0.826. The number of halogens is 3. The summed E-state index contributed by atoms with van der Waals surface area (Å²) in [5, 5.41) is 4.07. The minimum absolute atomic E-state index is 0.0384. The third-order valence-electron chi connectivity index (χ3n) is 4.74. The van der Waals surface area contributed by atoms with Gasteiger partial charge in [0.1, 0.15) is 5.75 Å². The molecule has 0 unspecified atom stereocenters. The minimum Gasteiger partial charge on any atom is -0.497 e. The van der Waals surface area contributed by atoms with Gasteiger partial charge in [-0.3, -0.25) is 0 Å². The van der Waals surface area contributed by atoms with E-state index in [-0.39, 0.29) is 11.4 Å². The van der Waals surface area contributed by atoms with Crippen molar-refractivity contribution in [3.63, 3.8) is 0 Å². The summed E-state index contributed by atoms with van der Waals surface area (Å²) in [5.41, 5.74) is 1.64. The number of aromatic nitrogens is 2. The van der Waals surface area contributed by atoms with Gasteiger partial charge < -0.3 is 10.1 Å². The quantitative estimate of drug-likeness (QED) is 0.443. The van der Waals surface area contributed by atoms with Crippen LogP contribution in [-0.2, 0) is 12.7 Å². The third kappa shape index (κ3) is 4.05. The molecule has 1 aromatic heterocycles. The molecule has 0 saturated heterocycles. The predicted molar refractivity (Wildman–Crippen MR) is 110 cm³/mol. The molecule has 0 atom stereocenters. The second kappa shape index (κ2) is 8.02. The summed E-state index contributed by atoms with van der Waals surface area (Å²) in [6, 6.07) is 18.5. The van der Waals surface area contributed by atoms with Crippen LogP contribution in [0.25, 0.3) is 22.3 Å². The third-order valence-corrected chi connectivity index (χ3v) is 4.74. The molecular weight excluding hydrogens is 391 g/mol. The van der Waals surface area contributed by atoms with E-state index in [1.165, 1.54) is 12.1 Å². The zero-order valence-corrected chi connectivity index (χ0v) is 16.1. The number of fused-ring (bicyclic) bond motifs is 1. The van der Waals surface area contributed by atoms with E-state index in [2.05, 4.69) is 15.3 Å². The fourth-order valence-electron chi connectivity index (χ4n) is 3.20. The van der Waals surface area contributed by atoms with E-state index in [0.29, 0.717) is 12.1 Å². The van der Waals surface area contributed by atoms with Crippen LogP contribution in [0.1, 0.15) is 11.1 Å². The van der Waals surface area contributed by atoms with E-state index < -0.39 is 11.7 Å². The molecule has 0 aliphatic carbocycles. The fourth-order valence-corrected chi connectivity index (χ4v) is 3.20. The lowest BCUT2D eigenvalue weighted by atomic mass is 10.1. The average molecular weight is 409 g/mol. The highest BCUT2D eigenvalue weighted by Crippen LogP contribution is 2.36. The highest BCUT2D eigenvalue weighted by molar-refractivity contribution is 5.91. The molecule has 0 aliphatic heterocycles. The minimum atomic E-state index is -4.48. The zero-order chi connectivity index (χ0) is 21.1.